The van der Waals surface area contributed by atoms with Crippen molar-refractivity contribution >= 4 is 17.2 Å². The summed E-state index contributed by atoms with van der Waals surface area (Å²) in [5.74, 6) is 0.473. The number of hydrogen-bond donors (Lipinski definition) is 1. The zero-order valence-electron chi connectivity index (χ0n) is 10.6. The van der Waals surface area contributed by atoms with Crippen LogP contribution >= 0.6 is 11.3 Å². The normalized spacial score (nSPS) is 24.4. The Morgan fingerprint density at radius 3 is 2.82 bits per heavy atom. The predicted molar refractivity (Wildman–Crippen MR) is 69.5 cm³/mol. The molecule has 1 N–H and O–H groups in total. The van der Waals surface area contributed by atoms with Crippen molar-refractivity contribution in [1.82, 2.24) is 4.90 Å². The summed E-state index contributed by atoms with van der Waals surface area (Å²) in [7, 11) is 0. The Morgan fingerprint density at radius 2 is 2.29 bits per heavy atom. The van der Waals surface area contributed by atoms with Gasteiger partial charge in [0, 0.05) is 11.4 Å². The van der Waals surface area contributed by atoms with Crippen molar-refractivity contribution in [1.29, 1.82) is 0 Å². The van der Waals surface area contributed by atoms with Gasteiger partial charge in [-0.15, -0.1) is 11.3 Å². The number of aryl methyl sites for hydroxylation is 2. The van der Waals surface area contributed by atoms with Gasteiger partial charge in [-0.25, -0.2) is 0 Å². The van der Waals surface area contributed by atoms with Gasteiger partial charge < -0.3 is 10.0 Å². The molecule has 1 saturated heterocycles. The number of carbonyl (C=O) groups is 1. The van der Waals surface area contributed by atoms with Gasteiger partial charge in [-0.3, -0.25) is 4.79 Å². The van der Waals surface area contributed by atoms with Gasteiger partial charge in [0.1, 0.15) is 0 Å². The average Bonchev–Trinajstić information content (AvgIpc) is 2.82. The summed E-state index contributed by atoms with van der Waals surface area (Å²) in [4.78, 5) is 16.2. The Labute approximate surface area is 106 Å². The van der Waals surface area contributed by atoms with Crippen LogP contribution in [0.25, 0.3) is 0 Å². The molecule has 0 saturated carbocycles. The molecular formula is C13H19NO2S. The van der Waals surface area contributed by atoms with Crippen molar-refractivity contribution in [3.8, 4) is 0 Å². The van der Waals surface area contributed by atoms with E-state index in [2.05, 4.69) is 6.92 Å². The number of hydrogen-bond acceptors (Lipinski definition) is 3. The first-order valence-corrected chi connectivity index (χ1v) is 6.85. The summed E-state index contributed by atoms with van der Waals surface area (Å²) >= 11 is 1.55. The van der Waals surface area contributed by atoms with Gasteiger partial charge in [0.25, 0.3) is 5.91 Å². The second kappa shape index (κ2) is 4.78. The van der Waals surface area contributed by atoms with Gasteiger partial charge in [0.15, 0.2) is 0 Å². The minimum absolute atomic E-state index is 0.00906. The molecule has 2 rings (SSSR count). The van der Waals surface area contributed by atoms with Gasteiger partial charge in [0.05, 0.1) is 17.5 Å². The third-order valence-corrected chi connectivity index (χ3v) is 4.85. The predicted octanol–water partition coefficient (Wildman–Crippen LogP) is 2.21. The highest BCUT2D eigenvalue weighted by Gasteiger charge is 2.34. The molecule has 0 radical (unpaired) electrons. The van der Waals surface area contributed by atoms with Crippen LogP contribution < -0.4 is 0 Å². The second-order valence-corrected chi connectivity index (χ2v) is 6.12. The molecule has 17 heavy (non-hydrogen) atoms. The fraction of sp³-hybridized carbons (Fsp3) is 0.615. The molecule has 0 spiro atoms. The summed E-state index contributed by atoms with van der Waals surface area (Å²) < 4.78 is 0. The summed E-state index contributed by atoms with van der Waals surface area (Å²) in [6, 6.07) is 1.95. The third kappa shape index (κ3) is 2.24. The maximum Gasteiger partial charge on any atom is 0.264 e. The number of nitrogens with zero attached hydrogens (tertiary/aromatic N) is 1. The Kier molecular flexibility index (Phi) is 3.54. The first-order valence-electron chi connectivity index (χ1n) is 6.03. The smallest absolute Gasteiger partial charge is 0.264 e. The van der Waals surface area contributed by atoms with Crippen molar-refractivity contribution < 1.29 is 9.90 Å². The molecule has 0 aliphatic carbocycles. The van der Waals surface area contributed by atoms with E-state index in [9.17, 15) is 9.90 Å². The van der Waals surface area contributed by atoms with E-state index in [4.69, 9.17) is 0 Å². The van der Waals surface area contributed by atoms with E-state index >= 15 is 0 Å². The molecule has 1 amide bonds. The maximum absolute atomic E-state index is 12.4. The van der Waals surface area contributed by atoms with Crippen molar-refractivity contribution in [2.45, 2.75) is 33.2 Å². The highest BCUT2D eigenvalue weighted by molar-refractivity contribution is 7.14. The Balaban J connectivity index is 2.20. The van der Waals surface area contributed by atoms with Crippen LogP contribution in [0.15, 0.2) is 6.07 Å². The first kappa shape index (κ1) is 12.6. The molecule has 0 bridgehead atoms. The van der Waals surface area contributed by atoms with Gasteiger partial charge in [-0.2, -0.15) is 0 Å². The van der Waals surface area contributed by atoms with Crippen LogP contribution in [0.5, 0.6) is 0 Å². The van der Waals surface area contributed by atoms with Crippen LogP contribution in [0.3, 0.4) is 0 Å². The third-order valence-electron chi connectivity index (χ3n) is 3.71. The summed E-state index contributed by atoms with van der Waals surface area (Å²) in [6.45, 7) is 6.99. The zero-order valence-corrected chi connectivity index (χ0v) is 11.4. The molecular weight excluding hydrogens is 234 g/mol. The van der Waals surface area contributed by atoms with Crippen LogP contribution in [0.1, 0.15) is 33.5 Å². The maximum atomic E-state index is 12.4. The standard InChI is InChI=1S/C13H19NO2S/c1-8-4-5-14(11(8)7-15)13(16)12-6-9(2)10(3)17-12/h6,8,11,15H,4-5,7H2,1-3H3. The second-order valence-electron chi connectivity index (χ2n) is 4.86. The van der Waals surface area contributed by atoms with Crippen molar-refractivity contribution in [3.05, 3.63) is 21.4 Å². The zero-order chi connectivity index (χ0) is 12.6. The molecule has 2 atom stereocenters. The number of likely N-dealkylation sites (tertiary alicyclic amines) is 1. The highest BCUT2D eigenvalue weighted by Crippen LogP contribution is 2.28. The van der Waals surface area contributed by atoms with Crippen LogP contribution in [0.2, 0.25) is 0 Å². The molecule has 1 aliphatic heterocycles. The lowest BCUT2D eigenvalue weighted by molar-refractivity contribution is 0.0653. The topological polar surface area (TPSA) is 40.5 Å². The molecule has 4 heteroatoms. The lowest BCUT2D eigenvalue weighted by Crippen LogP contribution is -2.39. The van der Waals surface area contributed by atoms with Crippen molar-refractivity contribution in [2.75, 3.05) is 13.2 Å². The molecule has 0 aromatic carbocycles. The van der Waals surface area contributed by atoms with E-state index in [0.717, 1.165) is 17.8 Å². The molecule has 94 valence electrons. The molecule has 3 nitrogen and oxygen atoms in total. The lowest BCUT2D eigenvalue weighted by atomic mass is 10.0. The van der Waals surface area contributed by atoms with E-state index in [1.165, 1.54) is 10.4 Å². The Bertz CT molecular complexity index is 408. The number of thiophene rings is 1. The van der Waals surface area contributed by atoms with Crippen LogP contribution in [0.4, 0.5) is 0 Å². The quantitative estimate of drug-likeness (QED) is 0.878. The van der Waals surface area contributed by atoms with E-state index in [1.54, 1.807) is 11.3 Å². The molecule has 2 unspecified atom stereocenters. The number of amides is 1. The number of aliphatic hydroxyl groups excluding tert-OH is 1. The van der Waals surface area contributed by atoms with E-state index in [-0.39, 0.29) is 18.6 Å². The molecule has 2 heterocycles. The van der Waals surface area contributed by atoms with Gasteiger partial charge in [0.2, 0.25) is 0 Å². The fourth-order valence-electron chi connectivity index (χ4n) is 2.36. The van der Waals surface area contributed by atoms with Crippen LogP contribution in [-0.2, 0) is 0 Å². The fourth-order valence-corrected chi connectivity index (χ4v) is 3.35. The van der Waals surface area contributed by atoms with Gasteiger partial charge >= 0.3 is 0 Å². The van der Waals surface area contributed by atoms with E-state index in [1.807, 2.05) is 24.8 Å². The SMILES string of the molecule is Cc1cc(C(=O)N2CCC(C)C2CO)sc1C. The van der Waals surface area contributed by atoms with E-state index < -0.39 is 0 Å². The molecule has 1 aromatic rings. The van der Waals surface area contributed by atoms with Crippen molar-refractivity contribution in [3.63, 3.8) is 0 Å². The number of carbonyl (C=O) groups excluding carboxylic acids is 1. The van der Waals surface area contributed by atoms with Gasteiger partial charge in [-0.05, 0) is 37.8 Å². The molecule has 1 aromatic heterocycles. The Hall–Kier alpha value is -0.870. The first-order chi connectivity index (χ1) is 8.04. The monoisotopic (exact) mass is 253 g/mol. The van der Waals surface area contributed by atoms with E-state index in [0.29, 0.717) is 5.92 Å². The van der Waals surface area contributed by atoms with Crippen molar-refractivity contribution in [2.24, 2.45) is 5.92 Å². The lowest BCUT2D eigenvalue weighted by Gasteiger charge is -2.24. The highest BCUT2D eigenvalue weighted by atomic mass is 32.1. The van der Waals surface area contributed by atoms with Crippen LogP contribution in [0, 0.1) is 19.8 Å². The summed E-state index contributed by atoms with van der Waals surface area (Å²) in [5.41, 5.74) is 1.17. The Morgan fingerprint density at radius 1 is 1.59 bits per heavy atom. The molecule has 1 fully saturated rings. The van der Waals surface area contributed by atoms with Gasteiger partial charge in [-0.1, -0.05) is 6.92 Å². The number of rotatable bonds is 2. The summed E-state index contributed by atoms with van der Waals surface area (Å²) in [6.07, 6.45) is 0.986. The minimum atomic E-state index is -0.00906. The number of aliphatic hydroxyl groups is 1. The summed E-state index contributed by atoms with van der Waals surface area (Å²) in [5, 5.41) is 9.37. The molecule has 1 aliphatic rings. The minimum Gasteiger partial charge on any atom is -0.394 e. The van der Waals surface area contributed by atoms with Crippen LogP contribution in [-0.4, -0.2) is 35.1 Å². The average molecular weight is 253 g/mol. The largest absolute Gasteiger partial charge is 0.394 e.